The average Bonchev–Trinajstić information content (AvgIpc) is 2.63. The van der Waals surface area contributed by atoms with Crippen LogP contribution >= 0.6 is 11.6 Å². The number of carbonyl (C=O) groups excluding carboxylic acids is 1. The topological polar surface area (TPSA) is 73.6 Å². The van der Waals surface area contributed by atoms with Crippen LogP contribution in [0.2, 0.25) is 5.02 Å². The largest absolute Gasteiger partial charge is 0.488 e. The molecule has 0 fully saturated rings. The Hall–Kier alpha value is -2.34. The second-order valence-corrected chi connectivity index (χ2v) is 6.33. The molecule has 0 atom stereocenters. The van der Waals surface area contributed by atoms with Crippen molar-refractivity contribution < 1.29 is 14.3 Å². The molecule has 0 bridgehead atoms. The van der Waals surface area contributed by atoms with Gasteiger partial charge in [0.15, 0.2) is 0 Å². The normalized spacial score (nSPS) is 10.5. The van der Waals surface area contributed by atoms with Gasteiger partial charge in [-0.1, -0.05) is 30.3 Å². The number of carbonyl (C=O) groups is 1. The van der Waals surface area contributed by atoms with E-state index in [-0.39, 0.29) is 12.5 Å². The Morgan fingerprint density at radius 1 is 1.27 bits per heavy atom. The zero-order valence-electron chi connectivity index (χ0n) is 15.0. The third-order valence-electron chi connectivity index (χ3n) is 3.77. The first kappa shape index (κ1) is 20.0. The van der Waals surface area contributed by atoms with Gasteiger partial charge in [0, 0.05) is 24.9 Å². The summed E-state index contributed by atoms with van der Waals surface area (Å²) < 4.78 is 10.7. The lowest BCUT2D eigenvalue weighted by molar-refractivity contribution is 0.102. The number of rotatable bonds is 8. The molecule has 2 rings (SSSR count). The van der Waals surface area contributed by atoms with Gasteiger partial charge in [-0.05, 0) is 47.9 Å². The van der Waals surface area contributed by atoms with Crippen LogP contribution in [0.1, 0.15) is 21.5 Å². The molecular weight excluding hydrogens is 352 g/mol. The Labute approximate surface area is 158 Å². The molecule has 6 heteroatoms. The van der Waals surface area contributed by atoms with E-state index in [9.17, 15) is 4.79 Å². The van der Waals surface area contributed by atoms with Crippen LogP contribution in [-0.2, 0) is 11.3 Å². The summed E-state index contributed by atoms with van der Waals surface area (Å²) >= 11 is 6.25. The molecule has 3 N–H and O–H groups in total. The van der Waals surface area contributed by atoms with Gasteiger partial charge in [0.25, 0.3) is 5.91 Å². The average molecular weight is 375 g/mol. The number of benzene rings is 2. The third-order valence-corrected chi connectivity index (χ3v) is 4.06. The standard InChI is InChI=1S/C20H23ClN2O3/c1-13(10-22)11-26-19-8-14(2)17(9-18(19)21)20(24)23-16-6-4-15(5-7-16)12-25-3/h4-9H,1,10-12,22H2,2-3H3,(H,23,24). The molecule has 0 aromatic heterocycles. The lowest BCUT2D eigenvalue weighted by Gasteiger charge is -2.13. The number of methoxy groups -OCH3 is 1. The Morgan fingerprint density at radius 3 is 2.58 bits per heavy atom. The molecule has 0 saturated carbocycles. The first-order chi connectivity index (χ1) is 12.4. The van der Waals surface area contributed by atoms with E-state index in [2.05, 4.69) is 11.9 Å². The molecule has 5 nitrogen and oxygen atoms in total. The molecule has 0 unspecified atom stereocenters. The minimum Gasteiger partial charge on any atom is -0.488 e. The minimum atomic E-state index is -0.234. The van der Waals surface area contributed by atoms with E-state index in [1.165, 1.54) is 0 Å². The highest BCUT2D eigenvalue weighted by Gasteiger charge is 2.14. The Morgan fingerprint density at radius 2 is 1.96 bits per heavy atom. The number of aryl methyl sites for hydroxylation is 1. The fourth-order valence-electron chi connectivity index (χ4n) is 2.30. The number of hydrogen-bond donors (Lipinski definition) is 2. The van der Waals surface area contributed by atoms with Crippen LogP contribution in [0.4, 0.5) is 5.69 Å². The van der Waals surface area contributed by atoms with Gasteiger partial charge >= 0.3 is 0 Å². The molecule has 0 spiro atoms. The zero-order chi connectivity index (χ0) is 19.1. The summed E-state index contributed by atoms with van der Waals surface area (Å²) in [5.74, 6) is 0.265. The van der Waals surface area contributed by atoms with Crippen molar-refractivity contribution in [2.24, 2.45) is 5.73 Å². The van der Waals surface area contributed by atoms with Crippen LogP contribution < -0.4 is 15.8 Å². The maximum atomic E-state index is 12.6. The molecule has 0 heterocycles. The molecule has 2 aromatic rings. The van der Waals surface area contributed by atoms with Crippen molar-refractivity contribution in [1.82, 2.24) is 0 Å². The highest BCUT2D eigenvalue weighted by atomic mass is 35.5. The summed E-state index contributed by atoms with van der Waals surface area (Å²) in [6.07, 6.45) is 0. The van der Waals surface area contributed by atoms with Crippen LogP contribution in [0.25, 0.3) is 0 Å². The molecular formula is C20H23ClN2O3. The molecule has 138 valence electrons. The van der Waals surface area contributed by atoms with Gasteiger partial charge in [-0.25, -0.2) is 0 Å². The van der Waals surface area contributed by atoms with E-state index in [4.69, 9.17) is 26.8 Å². The Balaban J connectivity index is 2.10. The molecule has 2 aromatic carbocycles. The molecule has 0 aliphatic carbocycles. The number of halogens is 1. The lowest BCUT2D eigenvalue weighted by Crippen LogP contribution is -2.14. The summed E-state index contributed by atoms with van der Waals surface area (Å²) in [4.78, 5) is 12.6. The predicted molar refractivity (Wildman–Crippen MR) is 105 cm³/mol. The number of hydrogen-bond acceptors (Lipinski definition) is 4. The number of anilines is 1. The van der Waals surface area contributed by atoms with Crippen molar-refractivity contribution in [3.63, 3.8) is 0 Å². The van der Waals surface area contributed by atoms with Gasteiger partial charge in [0.2, 0.25) is 0 Å². The number of nitrogens with one attached hydrogen (secondary N) is 1. The van der Waals surface area contributed by atoms with Gasteiger partial charge < -0.3 is 20.5 Å². The van der Waals surface area contributed by atoms with Crippen molar-refractivity contribution in [3.8, 4) is 5.75 Å². The van der Waals surface area contributed by atoms with Gasteiger partial charge in [-0.15, -0.1) is 0 Å². The van der Waals surface area contributed by atoms with Gasteiger partial charge in [0.05, 0.1) is 11.6 Å². The number of amides is 1. The number of nitrogens with two attached hydrogens (primary N) is 1. The first-order valence-corrected chi connectivity index (χ1v) is 8.51. The molecule has 0 aliphatic heterocycles. The number of ether oxygens (including phenoxy) is 2. The minimum absolute atomic E-state index is 0.234. The third kappa shape index (κ3) is 5.33. The summed E-state index contributed by atoms with van der Waals surface area (Å²) in [6, 6.07) is 10.8. The van der Waals surface area contributed by atoms with Crippen LogP contribution in [0.5, 0.6) is 5.75 Å². The molecule has 1 amide bonds. The van der Waals surface area contributed by atoms with E-state index in [1.807, 2.05) is 31.2 Å². The van der Waals surface area contributed by atoms with Crippen molar-refractivity contribution in [2.45, 2.75) is 13.5 Å². The van der Waals surface area contributed by atoms with Gasteiger partial charge in [0.1, 0.15) is 12.4 Å². The van der Waals surface area contributed by atoms with E-state index in [0.717, 1.165) is 16.7 Å². The zero-order valence-corrected chi connectivity index (χ0v) is 15.7. The van der Waals surface area contributed by atoms with Crippen LogP contribution in [0, 0.1) is 6.92 Å². The maximum absolute atomic E-state index is 12.6. The molecule has 0 aliphatic rings. The monoisotopic (exact) mass is 374 g/mol. The fourth-order valence-corrected chi connectivity index (χ4v) is 2.52. The SMILES string of the molecule is C=C(CN)COc1cc(C)c(C(=O)Nc2ccc(COC)cc2)cc1Cl. The van der Waals surface area contributed by atoms with Crippen molar-refractivity contribution >= 4 is 23.2 Å². The molecule has 0 radical (unpaired) electrons. The van der Waals surface area contributed by atoms with Gasteiger partial charge in [-0.2, -0.15) is 0 Å². The van der Waals surface area contributed by atoms with Crippen LogP contribution in [0.15, 0.2) is 48.6 Å². The van der Waals surface area contributed by atoms with E-state index < -0.39 is 0 Å². The summed E-state index contributed by atoms with van der Waals surface area (Å²) in [5, 5.41) is 3.23. The summed E-state index contributed by atoms with van der Waals surface area (Å²) in [6.45, 7) is 6.78. The van der Waals surface area contributed by atoms with Crippen LogP contribution in [-0.4, -0.2) is 26.2 Å². The second kappa shape index (κ2) is 9.38. The predicted octanol–water partition coefficient (Wildman–Crippen LogP) is 3.94. The summed E-state index contributed by atoms with van der Waals surface area (Å²) in [5.41, 5.74) is 9.24. The van der Waals surface area contributed by atoms with Gasteiger partial charge in [-0.3, -0.25) is 4.79 Å². The van der Waals surface area contributed by atoms with E-state index in [1.54, 1.807) is 19.2 Å². The van der Waals surface area contributed by atoms with Crippen molar-refractivity contribution in [3.05, 3.63) is 70.3 Å². The quantitative estimate of drug-likeness (QED) is 0.686. The highest BCUT2D eigenvalue weighted by molar-refractivity contribution is 6.32. The lowest BCUT2D eigenvalue weighted by atomic mass is 10.1. The Kier molecular flexibility index (Phi) is 7.21. The van der Waals surface area contributed by atoms with Crippen molar-refractivity contribution in [2.75, 3.05) is 25.6 Å². The first-order valence-electron chi connectivity index (χ1n) is 8.13. The molecule has 26 heavy (non-hydrogen) atoms. The smallest absolute Gasteiger partial charge is 0.255 e. The molecule has 0 saturated heterocycles. The fraction of sp³-hybridized carbons (Fsp3) is 0.250. The second-order valence-electron chi connectivity index (χ2n) is 5.92. The van der Waals surface area contributed by atoms with Crippen molar-refractivity contribution in [1.29, 1.82) is 0 Å². The van der Waals surface area contributed by atoms with E-state index in [0.29, 0.717) is 35.2 Å². The summed E-state index contributed by atoms with van der Waals surface area (Å²) in [7, 11) is 1.64. The Bertz CT molecular complexity index is 788. The van der Waals surface area contributed by atoms with E-state index >= 15 is 0 Å². The maximum Gasteiger partial charge on any atom is 0.255 e. The van der Waals surface area contributed by atoms with Crippen LogP contribution in [0.3, 0.4) is 0 Å². The highest BCUT2D eigenvalue weighted by Crippen LogP contribution is 2.29.